The maximum atomic E-state index is 11.0. The minimum absolute atomic E-state index is 0. The zero-order valence-corrected chi connectivity index (χ0v) is 26.3. The maximum Gasteiger partial charge on any atom is 0.160 e. The maximum absolute atomic E-state index is 11.0. The first-order valence-electron chi connectivity index (χ1n) is 12.4. The van der Waals surface area contributed by atoms with Crippen LogP contribution in [0.25, 0.3) is 0 Å². The second-order valence-electron chi connectivity index (χ2n) is 8.05. The quantitative estimate of drug-likeness (QED) is 0.0558. The summed E-state index contributed by atoms with van der Waals surface area (Å²) in [7, 11) is 0. The second-order valence-corrected chi connectivity index (χ2v) is 8.99. The van der Waals surface area contributed by atoms with E-state index < -0.39 is 0 Å². The Morgan fingerprint density at radius 3 is 0.778 bits per heavy atom. The minimum Gasteiger partial charge on any atom is -0.791 e. The van der Waals surface area contributed by atoms with Crippen LogP contribution in [-0.2, 0) is 17.1 Å². The fourth-order valence-corrected chi connectivity index (χ4v) is 3.33. The zero-order chi connectivity index (χ0) is 32.7. The summed E-state index contributed by atoms with van der Waals surface area (Å²) >= 11 is 8.19. The number of hydrogen-bond acceptors (Lipinski definition) is 10. The molecule has 12 nitrogen and oxygen atoms in total. The molecule has 0 fully saturated rings. The van der Waals surface area contributed by atoms with Gasteiger partial charge < -0.3 is 54.1 Å². The summed E-state index contributed by atoms with van der Waals surface area (Å²) in [6.07, 6.45) is 0. The molecule has 0 aromatic heterocycles. The molecule has 0 saturated heterocycles. The van der Waals surface area contributed by atoms with Gasteiger partial charge in [0, 0.05) is 39.3 Å². The van der Waals surface area contributed by atoms with Crippen molar-refractivity contribution in [3.05, 3.63) is 154 Å². The van der Waals surface area contributed by atoms with E-state index in [2.05, 4.69) is 68.0 Å². The Labute approximate surface area is 281 Å². The molecule has 0 spiro atoms. The SMILES string of the molecule is NC(N)=S.NC(N)=S.[Fe].[O-]/N=C(/C(=N/O)c1ccccc1)c1ccccc1.[O-]/N=C(/C(=N/O)c1ccccc1)c1ccccc1. The van der Waals surface area contributed by atoms with E-state index in [-0.39, 0.29) is 50.1 Å². The molecule has 236 valence electrons. The summed E-state index contributed by atoms with van der Waals surface area (Å²) in [4.78, 5) is 0. The topological polar surface area (TPSA) is 240 Å². The van der Waals surface area contributed by atoms with Crippen LogP contribution in [0, 0.1) is 10.4 Å². The molecular weight excluding hydrogens is 656 g/mol. The van der Waals surface area contributed by atoms with Crippen molar-refractivity contribution < 1.29 is 27.5 Å². The normalized spacial score (nSPS) is 11.0. The van der Waals surface area contributed by atoms with Crippen LogP contribution in [0.15, 0.2) is 142 Å². The van der Waals surface area contributed by atoms with Crippen LogP contribution in [-0.4, -0.2) is 43.5 Å². The third kappa shape index (κ3) is 15.1. The first-order chi connectivity index (χ1) is 21.2. The minimum atomic E-state index is 0. The molecule has 4 aromatic rings. The molecule has 0 atom stereocenters. The molecule has 0 aliphatic carbocycles. The van der Waals surface area contributed by atoms with Gasteiger partial charge in [-0.05, 0) is 24.4 Å². The van der Waals surface area contributed by atoms with Crippen molar-refractivity contribution in [1.82, 2.24) is 0 Å². The van der Waals surface area contributed by atoms with E-state index in [1.54, 1.807) is 97.1 Å². The molecule has 4 rings (SSSR count). The number of oxime groups is 2. The molecule has 0 saturated carbocycles. The molecule has 15 heteroatoms. The Morgan fingerprint density at radius 1 is 0.444 bits per heavy atom. The van der Waals surface area contributed by atoms with Crippen LogP contribution in [0.3, 0.4) is 0 Å². The Kier molecular flexibility index (Phi) is 20.4. The molecule has 0 amide bonds. The summed E-state index contributed by atoms with van der Waals surface area (Å²) in [5.41, 5.74) is 21.5. The van der Waals surface area contributed by atoms with Crippen LogP contribution < -0.4 is 22.9 Å². The van der Waals surface area contributed by atoms with Gasteiger partial charge >= 0.3 is 0 Å². The molecule has 45 heavy (non-hydrogen) atoms. The third-order valence-corrected chi connectivity index (χ3v) is 5.02. The molecule has 4 aromatic carbocycles. The molecule has 0 bridgehead atoms. The van der Waals surface area contributed by atoms with E-state index in [1.807, 2.05) is 24.3 Å². The standard InChI is InChI=1S/2C14H12N2O2.2CH4N2S.Fe/c2*17-15-13(11-7-3-1-4-8-11)14(16-18)12-9-5-2-6-10-12;2*2-1(3)4;/h2*1-10,17-18H;2*(H4,2,3,4);/p-2/b2*15-13+,16-14+;;;. The Balaban J connectivity index is 0.000000684. The van der Waals surface area contributed by atoms with Gasteiger partial charge in [0.1, 0.15) is 11.4 Å². The van der Waals surface area contributed by atoms with E-state index in [0.29, 0.717) is 22.3 Å². The van der Waals surface area contributed by atoms with E-state index in [4.69, 9.17) is 10.4 Å². The summed E-state index contributed by atoms with van der Waals surface area (Å²) < 4.78 is 0. The van der Waals surface area contributed by atoms with Crippen molar-refractivity contribution in [2.24, 2.45) is 43.6 Å². The molecule has 0 heterocycles. The summed E-state index contributed by atoms with van der Waals surface area (Å²) in [6, 6.07) is 35.7. The largest absolute Gasteiger partial charge is 0.791 e. The Bertz CT molecular complexity index is 1330. The van der Waals surface area contributed by atoms with Gasteiger partial charge in [-0.2, -0.15) is 0 Å². The van der Waals surface area contributed by atoms with Gasteiger partial charge in [-0.1, -0.05) is 132 Å². The molecule has 10 N–H and O–H groups in total. The Hall–Kier alpha value is -5.34. The average Bonchev–Trinajstić information content (AvgIpc) is 3.04. The smallest absolute Gasteiger partial charge is 0.160 e. The fourth-order valence-electron chi connectivity index (χ4n) is 3.33. The zero-order valence-electron chi connectivity index (χ0n) is 23.5. The van der Waals surface area contributed by atoms with Gasteiger partial charge in [0.05, 0.1) is 11.4 Å². The molecular formula is C30H30FeN8O4S2-2. The van der Waals surface area contributed by atoms with Crippen LogP contribution in [0.2, 0.25) is 0 Å². The van der Waals surface area contributed by atoms with Gasteiger partial charge in [-0.25, -0.2) is 0 Å². The predicted octanol–water partition coefficient (Wildman–Crippen LogP) is 4.08. The molecule has 0 radical (unpaired) electrons. The third-order valence-electron chi connectivity index (χ3n) is 5.02. The summed E-state index contributed by atoms with van der Waals surface area (Å²) in [5.74, 6) is 0. The van der Waals surface area contributed by atoms with Gasteiger partial charge in [0.25, 0.3) is 0 Å². The van der Waals surface area contributed by atoms with E-state index >= 15 is 0 Å². The van der Waals surface area contributed by atoms with Gasteiger partial charge in [-0.3, -0.25) is 0 Å². The van der Waals surface area contributed by atoms with Gasteiger partial charge in [0.15, 0.2) is 10.2 Å². The molecule has 0 aliphatic rings. The summed E-state index contributed by atoms with van der Waals surface area (Å²) in [5, 5.41) is 52.6. The number of hydrogen-bond donors (Lipinski definition) is 6. The monoisotopic (exact) mass is 686 g/mol. The van der Waals surface area contributed by atoms with Crippen LogP contribution >= 0.6 is 24.4 Å². The number of benzene rings is 4. The van der Waals surface area contributed by atoms with Gasteiger partial charge in [-0.15, -0.1) is 0 Å². The Morgan fingerprint density at radius 2 is 0.622 bits per heavy atom. The first-order valence-corrected chi connectivity index (χ1v) is 13.2. The summed E-state index contributed by atoms with van der Waals surface area (Å²) in [6.45, 7) is 0. The van der Waals surface area contributed by atoms with Crippen molar-refractivity contribution in [3.8, 4) is 0 Å². The van der Waals surface area contributed by atoms with Crippen molar-refractivity contribution in [2.45, 2.75) is 0 Å². The van der Waals surface area contributed by atoms with Crippen molar-refractivity contribution in [1.29, 1.82) is 0 Å². The van der Waals surface area contributed by atoms with Crippen molar-refractivity contribution >= 4 is 57.5 Å². The van der Waals surface area contributed by atoms with Crippen molar-refractivity contribution in [3.63, 3.8) is 0 Å². The van der Waals surface area contributed by atoms with Crippen molar-refractivity contribution in [2.75, 3.05) is 0 Å². The molecule has 0 unspecified atom stereocenters. The van der Waals surface area contributed by atoms with Crippen LogP contribution in [0.5, 0.6) is 0 Å². The van der Waals surface area contributed by atoms with E-state index in [1.165, 1.54) is 0 Å². The number of nitrogens with two attached hydrogens (primary N) is 4. The second kappa shape index (κ2) is 23.2. The molecule has 0 aliphatic heterocycles. The van der Waals surface area contributed by atoms with Crippen LogP contribution in [0.4, 0.5) is 0 Å². The number of thiocarbonyl (C=S) groups is 2. The predicted molar refractivity (Wildman–Crippen MR) is 184 cm³/mol. The van der Waals surface area contributed by atoms with Crippen LogP contribution in [0.1, 0.15) is 22.3 Å². The van der Waals surface area contributed by atoms with Gasteiger partial charge in [0.2, 0.25) is 0 Å². The average molecular weight is 687 g/mol. The van der Waals surface area contributed by atoms with E-state index in [0.717, 1.165) is 0 Å². The number of nitrogens with zero attached hydrogens (tertiary/aromatic N) is 4. The van der Waals surface area contributed by atoms with E-state index in [9.17, 15) is 10.4 Å². The first kappa shape index (κ1) is 39.7. The number of rotatable bonds is 6. The fraction of sp³-hybridized carbons (Fsp3) is 0.